The molecule has 2 aromatic carbocycles. The van der Waals surface area contributed by atoms with E-state index in [1.54, 1.807) is 6.08 Å². The first kappa shape index (κ1) is 41.6. The SMILES string of the molecule is CC(C)N1CC2(CC(S(=O)(=O)NC(=O)Nc3c4c(cc5c3CCC5)CCC4)C2)C1.CC(C)N1CC2(CC(S(N)(=O)=O)C2)C1.O=C=Nc1c2c(cc3c1CCC3)CCC2. The molecule has 2 spiro atoms. The summed E-state index contributed by atoms with van der Waals surface area (Å²) in [6.07, 6.45) is 17.7. The van der Waals surface area contributed by atoms with Crippen molar-refractivity contribution in [1.82, 2.24) is 14.5 Å². The van der Waals surface area contributed by atoms with Gasteiger partial charge in [-0.05, 0) is 186 Å². The summed E-state index contributed by atoms with van der Waals surface area (Å²) in [5.41, 5.74) is 12.8. The lowest BCUT2D eigenvalue weighted by Crippen LogP contribution is -2.67. The second-order valence-electron chi connectivity index (χ2n) is 19.4. The molecule has 12 nitrogen and oxygen atoms in total. The third kappa shape index (κ3) is 8.06. The largest absolute Gasteiger partial charge is 0.332 e. The number of carbonyl (C=O) groups is 1. The van der Waals surface area contributed by atoms with E-state index >= 15 is 0 Å². The number of fused-ring (bicyclic) bond motifs is 4. The fraction of sp³-hybridized carbons (Fsp3) is 0.682. The number of nitrogens with two attached hydrogens (primary N) is 1. The van der Waals surface area contributed by atoms with E-state index < -0.39 is 31.3 Å². The number of nitrogens with zero attached hydrogens (tertiary/aromatic N) is 3. The number of amides is 2. The van der Waals surface area contributed by atoms with Crippen LogP contribution < -0.4 is 15.2 Å². The molecule has 2 amide bonds. The molecule has 14 heteroatoms. The first-order valence-corrected chi connectivity index (χ1v) is 24.9. The fourth-order valence-electron chi connectivity index (χ4n) is 11.4. The minimum absolute atomic E-state index is 0.154. The van der Waals surface area contributed by atoms with Crippen molar-refractivity contribution in [3.05, 3.63) is 56.6 Å². The van der Waals surface area contributed by atoms with Crippen LogP contribution in [-0.2, 0) is 76.2 Å². The van der Waals surface area contributed by atoms with Crippen molar-refractivity contribution < 1.29 is 26.4 Å². The Balaban J connectivity index is 0.000000135. The zero-order chi connectivity index (χ0) is 41.2. The molecule has 0 radical (unpaired) electrons. The third-order valence-electron chi connectivity index (χ3n) is 14.7. The molecular weight excluding hydrogens is 773 g/mol. The molecule has 0 aromatic heterocycles. The summed E-state index contributed by atoms with van der Waals surface area (Å²) in [4.78, 5) is 31.8. The van der Waals surface area contributed by atoms with E-state index in [2.05, 4.69) is 64.7 Å². The van der Waals surface area contributed by atoms with Crippen LogP contribution in [0.3, 0.4) is 0 Å². The quantitative estimate of drug-likeness (QED) is 0.233. The molecule has 6 aliphatic carbocycles. The maximum absolute atomic E-state index is 12.7. The Kier molecular flexibility index (Phi) is 11.3. The van der Waals surface area contributed by atoms with Crippen molar-refractivity contribution >= 4 is 43.5 Å². The monoisotopic (exact) mass is 834 g/mol. The molecule has 10 rings (SSSR count). The van der Waals surface area contributed by atoms with Gasteiger partial charge in [-0.25, -0.2) is 36.3 Å². The molecule has 0 bridgehead atoms. The Labute approximate surface area is 345 Å². The van der Waals surface area contributed by atoms with Crippen molar-refractivity contribution in [1.29, 1.82) is 0 Å². The number of hydrogen-bond acceptors (Lipinski definition) is 9. The summed E-state index contributed by atoms with van der Waals surface area (Å²) in [6.45, 7) is 12.7. The number of likely N-dealkylation sites (tertiary alicyclic amines) is 2. The van der Waals surface area contributed by atoms with Gasteiger partial charge in [-0.3, -0.25) is 9.80 Å². The van der Waals surface area contributed by atoms with Gasteiger partial charge >= 0.3 is 6.03 Å². The minimum Gasteiger partial charge on any atom is -0.307 e. The molecule has 8 aliphatic rings. The zero-order valence-corrected chi connectivity index (χ0v) is 36.4. The Morgan fingerprint density at radius 2 is 1.09 bits per heavy atom. The van der Waals surface area contributed by atoms with E-state index in [1.807, 2.05) is 0 Å². The number of urea groups is 1. The van der Waals surface area contributed by atoms with E-state index in [9.17, 15) is 26.4 Å². The molecule has 316 valence electrons. The number of isocyanates is 1. The highest BCUT2D eigenvalue weighted by molar-refractivity contribution is 7.90. The topological polar surface area (TPSA) is 171 Å². The highest BCUT2D eigenvalue weighted by Crippen LogP contribution is 2.52. The van der Waals surface area contributed by atoms with Crippen LogP contribution in [0.15, 0.2) is 17.1 Å². The smallest absolute Gasteiger partial charge is 0.307 e. The molecule has 4 fully saturated rings. The van der Waals surface area contributed by atoms with Crippen LogP contribution in [0.25, 0.3) is 0 Å². The second kappa shape index (κ2) is 15.7. The molecule has 2 saturated carbocycles. The first-order chi connectivity index (χ1) is 27.5. The van der Waals surface area contributed by atoms with E-state index in [-0.39, 0.29) is 10.7 Å². The number of carbonyl (C=O) groups excluding carboxylic acids is 2. The predicted octanol–water partition coefficient (Wildman–Crippen LogP) is 5.77. The minimum atomic E-state index is -3.64. The average Bonchev–Trinajstić information content (AvgIpc) is 3.89. The van der Waals surface area contributed by atoms with E-state index in [1.165, 1.54) is 57.3 Å². The summed E-state index contributed by atoms with van der Waals surface area (Å²) in [7, 11) is -6.91. The van der Waals surface area contributed by atoms with Crippen molar-refractivity contribution in [3.8, 4) is 0 Å². The van der Waals surface area contributed by atoms with Gasteiger partial charge in [-0.2, -0.15) is 4.99 Å². The summed E-state index contributed by atoms with van der Waals surface area (Å²) < 4.78 is 49.8. The van der Waals surface area contributed by atoms with Gasteiger partial charge in [0.05, 0.1) is 16.2 Å². The van der Waals surface area contributed by atoms with Gasteiger partial charge in [0.1, 0.15) is 0 Å². The van der Waals surface area contributed by atoms with Crippen LogP contribution in [0.2, 0.25) is 0 Å². The van der Waals surface area contributed by atoms with Gasteiger partial charge in [-0.15, -0.1) is 0 Å². The average molecular weight is 835 g/mol. The standard InChI is InChI=1S/C22H31N3O3S.C13H13NO.C9H18N2O2S/c1-14(2)25-12-22(13-25)10-17(11-22)29(27,28)24-21(26)23-20-18-7-3-5-15(18)9-16-6-4-8-19(16)20;15-8-14-13-11-5-1-3-9(11)7-10-4-2-6-12(10)13;1-7(2)11-5-9(6-11)3-8(4-9)14(10,12)13/h9,14,17H,3-8,10-13H2,1-2H3,(H2,23,24,26);7H,1-6H2;7-8H,3-6H2,1-2H3,(H2,10,12,13). The first-order valence-electron chi connectivity index (χ1n) is 21.7. The van der Waals surface area contributed by atoms with Gasteiger partial charge < -0.3 is 5.32 Å². The molecular formula is C44H62N6O6S2. The maximum atomic E-state index is 12.7. The van der Waals surface area contributed by atoms with Gasteiger partial charge in [0.2, 0.25) is 26.1 Å². The highest BCUT2D eigenvalue weighted by atomic mass is 32.2. The van der Waals surface area contributed by atoms with Gasteiger partial charge in [0.25, 0.3) is 0 Å². The van der Waals surface area contributed by atoms with Crippen LogP contribution in [0.1, 0.15) is 124 Å². The Bertz CT molecular complexity index is 2160. The van der Waals surface area contributed by atoms with Gasteiger partial charge in [0.15, 0.2) is 0 Å². The van der Waals surface area contributed by atoms with E-state index in [0.29, 0.717) is 30.3 Å². The Morgan fingerprint density at radius 1 is 0.690 bits per heavy atom. The Hall–Kier alpha value is -3.13. The number of sulfonamides is 2. The van der Waals surface area contributed by atoms with Crippen molar-refractivity contribution in [2.45, 2.75) is 153 Å². The molecule has 58 heavy (non-hydrogen) atoms. The summed E-state index contributed by atoms with van der Waals surface area (Å²) >= 11 is 0. The van der Waals surface area contributed by atoms with Crippen LogP contribution in [0, 0.1) is 10.8 Å². The van der Waals surface area contributed by atoms with Crippen molar-refractivity contribution in [2.75, 3.05) is 31.5 Å². The van der Waals surface area contributed by atoms with Gasteiger partial charge in [-0.1, -0.05) is 12.1 Å². The third-order valence-corrected chi connectivity index (χ3v) is 17.6. The molecule has 4 N–H and O–H groups in total. The number of primary sulfonamides is 1. The highest BCUT2D eigenvalue weighted by Gasteiger charge is 2.57. The Morgan fingerprint density at radius 3 is 1.48 bits per heavy atom. The van der Waals surface area contributed by atoms with Crippen molar-refractivity contribution in [2.24, 2.45) is 21.0 Å². The molecule has 0 unspecified atom stereocenters. The lowest BCUT2D eigenvalue weighted by molar-refractivity contribution is -0.0734. The summed E-state index contributed by atoms with van der Waals surface area (Å²) in [5.74, 6) is 0. The second-order valence-corrected chi connectivity index (χ2v) is 23.2. The number of rotatable bonds is 7. The number of aliphatic imine (C=N–C) groups is 1. The predicted molar refractivity (Wildman–Crippen MR) is 227 cm³/mol. The molecule has 2 saturated heterocycles. The van der Waals surface area contributed by atoms with Crippen LogP contribution in [0.5, 0.6) is 0 Å². The summed E-state index contributed by atoms with van der Waals surface area (Å²) in [6, 6.07) is 5.13. The number of aryl methyl sites for hydroxylation is 4. The molecule has 2 aliphatic heterocycles. The lowest BCUT2D eigenvalue weighted by atomic mass is 9.63. The number of anilines is 1. The number of hydrogen-bond donors (Lipinski definition) is 3. The lowest BCUT2D eigenvalue weighted by Gasteiger charge is -2.59. The molecule has 2 aromatic rings. The summed E-state index contributed by atoms with van der Waals surface area (Å²) in [5, 5.41) is 7.31. The molecule has 0 atom stereocenters. The van der Waals surface area contributed by atoms with E-state index in [0.717, 1.165) is 115 Å². The number of benzene rings is 2. The molecule has 2 heterocycles. The number of nitrogens with one attached hydrogen (secondary N) is 2. The normalized spacial score (nSPS) is 22.5. The van der Waals surface area contributed by atoms with Crippen LogP contribution in [-0.4, -0.2) is 87.5 Å². The van der Waals surface area contributed by atoms with E-state index in [4.69, 9.17) is 5.14 Å². The van der Waals surface area contributed by atoms with Crippen molar-refractivity contribution in [3.63, 3.8) is 0 Å². The fourth-order valence-corrected chi connectivity index (χ4v) is 14.2. The van der Waals surface area contributed by atoms with Crippen LogP contribution >= 0.6 is 0 Å². The van der Waals surface area contributed by atoms with Gasteiger partial charge in [0, 0.05) is 44.0 Å². The zero-order valence-electron chi connectivity index (χ0n) is 34.8. The maximum Gasteiger partial charge on any atom is 0.332 e. The van der Waals surface area contributed by atoms with Crippen LogP contribution in [0.4, 0.5) is 16.2 Å².